The molecular weight excluding hydrogens is 470 g/mol. The molecule has 0 heterocycles. The Labute approximate surface area is 208 Å². The number of nitrogens with two attached hydrogens (primary N) is 1. The van der Waals surface area contributed by atoms with E-state index in [4.69, 9.17) is 19.9 Å². The highest BCUT2D eigenvalue weighted by molar-refractivity contribution is 6.23. The zero-order valence-corrected chi connectivity index (χ0v) is 19.7. The van der Waals surface area contributed by atoms with Crippen LogP contribution in [0.15, 0.2) is 72.8 Å². The number of carbonyl (C=O) groups is 1. The molecule has 2 atom stereocenters. The highest BCUT2D eigenvalue weighted by Gasteiger charge is 2.13. The number of aliphatic hydroxyl groups is 1. The number of amides is 1. The number of methoxy groups -OCH3 is 1. The molecule has 2 unspecified atom stereocenters. The third-order valence-corrected chi connectivity index (χ3v) is 5.09. The average molecular weight is 499 g/mol. The second-order valence-electron chi connectivity index (χ2n) is 7.84. The van der Waals surface area contributed by atoms with Crippen LogP contribution in [0.25, 0.3) is 11.6 Å². The van der Waals surface area contributed by atoms with Crippen LogP contribution in [-0.4, -0.2) is 50.2 Å². The Balaban J connectivity index is 1.49. The predicted octanol–water partition coefficient (Wildman–Crippen LogP) is 3.37. The van der Waals surface area contributed by atoms with Crippen molar-refractivity contribution in [2.24, 2.45) is 5.73 Å². The molecule has 0 bridgehead atoms. The molecule has 4 N–H and O–H groups in total. The van der Waals surface area contributed by atoms with Gasteiger partial charge in [-0.05, 0) is 53.6 Å². The number of rotatable bonds is 13. The van der Waals surface area contributed by atoms with Crippen molar-refractivity contribution < 1.29 is 32.9 Å². The van der Waals surface area contributed by atoms with Crippen LogP contribution in [0.2, 0.25) is 0 Å². The summed E-state index contributed by atoms with van der Waals surface area (Å²) in [5, 5.41) is 13.3. The van der Waals surface area contributed by atoms with Crippen LogP contribution < -0.4 is 20.5 Å². The topological polar surface area (TPSA) is 103 Å². The van der Waals surface area contributed by atoms with Gasteiger partial charge >= 0.3 is 0 Å². The molecule has 3 rings (SSSR count). The lowest BCUT2D eigenvalue weighted by Crippen LogP contribution is -2.38. The second-order valence-corrected chi connectivity index (χ2v) is 7.84. The van der Waals surface area contributed by atoms with Crippen molar-refractivity contribution in [3.63, 3.8) is 0 Å². The Morgan fingerprint density at radius 2 is 1.72 bits per heavy atom. The molecule has 190 valence electrons. The van der Waals surface area contributed by atoms with E-state index in [2.05, 4.69) is 5.32 Å². The van der Waals surface area contributed by atoms with Gasteiger partial charge in [0.15, 0.2) is 11.6 Å². The maximum absolute atomic E-state index is 13.5. The molecule has 0 saturated heterocycles. The van der Waals surface area contributed by atoms with E-state index in [-0.39, 0.29) is 18.7 Å². The minimum atomic E-state index is -1.02. The molecule has 0 radical (unpaired) electrons. The van der Waals surface area contributed by atoms with E-state index < -0.39 is 29.9 Å². The Morgan fingerprint density at radius 1 is 1.00 bits per heavy atom. The summed E-state index contributed by atoms with van der Waals surface area (Å²) in [4.78, 5) is 11.9. The number of para-hydroxylation sites is 1. The Hall–Kier alpha value is -3.79. The van der Waals surface area contributed by atoms with Gasteiger partial charge < -0.3 is 30.4 Å². The lowest BCUT2D eigenvalue weighted by Gasteiger charge is -2.19. The monoisotopic (exact) mass is 498 g/mol. The van der Waals surface area contributed by atoms with Crippen LogP contribution in [0.3, 0.4) is 0 Å². The third-order valence-electron chi connectivity index (χ3n) is 5.09. The molecule has 9 heteroatoms. The number of primary amides is 1. The van der Waals surface area contributed by atoms with Crippen LogP contribution in [-0.2, 0) is 9.53 Å². The van der Waals surface area contributed by atoms with E-state index in [0.717, 1.165) is 12.1 Å². The number of nitrogens with one attached hydrogen (secondary N) is 1. The number of aliphatic hydroxyl groups excluding tert-OH is 1. The van der Waals surface area contributed by atoms with E-state index in [0.29, 0.717) is 29.2 Å². The molecule has 0 aromatic heterocycles. The molecule has 0 aliphatic carbocycles. The minimum Gasteiger partial charge on any atom is -0.491 e. The van der Waals surface area contributed by atoms with Gasteiger partial charge in [-0.25, -0.2) is 8.78 Å². The van der Waals surface area contributed by atoms with Crippen molar-refractivity contribution in [2.45, 2.75) is 12.4 Å². The largest absolute Gasteiger partial charge is 0.491 e. The fourth-order valence-corrected chi connectivity index (χ4v) is 3.24. The van der Waals surface area contributed by atoms with Gasteiger partial charge in [-0.3, -0.25) is 4.79 Å². The third kappa shape index (κ3) is 8.16. The Bertz CT molecular complexity index is 1160. The van der Waals surface area contributed by atoms with E-state index in [1.165, 1.54) is 19.3 Å². The number of hydrogen-bond acceptors (Lipinski definition) is 6. The number of ether oxygens (including phenoxy) is 3. The molecule has 7 nitrogen and oxygen atoms in total. The van der Waals surface area contributed by atoms with Crippen molar-refractivity contribution in [1.82, 2.24) is 5.32 Å². The number of benzene rings is 3. The molecule has 0 saturated carbocycles. The molecule has 36 heavy (non-hydrogen) atoms. The maximum Gasteiger partial charge on any atom is 0.249 e. The molecule has 1 amide bonds. The summed E-state index contributed by atoms with van der Waals surface area (Å²) in [6.45, 7) is 0.632. The number of halogens is 2. The summed E-state index contributed by atoms with van der Waals surface area (Å²) >= 11 is 0. The summed E-state index contributed by atoms with van der Waals surface area (Å²) in [5.74, 6) is -1.58. The van der Waals surface area contributed by atoms with Gasteiger partial charge in [-0.2, -0.15) is 0 Å². The molecule has 0 aliphatic rings. The van der Waals surface area contributed by atoms with Gasteiger partial charge in [-0.1, -0.05) is 36.4 Å². The first-order valence-corrected chi connectivity index (χ1v) is 11.2. The normalized spacial score (nSPS) is 13.2. The summed E-state index contributed by atoms with van der Waals surface area (Å²) < 4.78 is 43.2. The van der Waals surface area contributed by atoms with Gasteiger partial charge in [0.25, 0.3) is 0 Å². The van der Waals surface area contributed by atoms with E-state index in [9.17, 15) is 18.7 Å². The quantitative estimate of drug-likeness (QED) is 0.190. The summed E-state index contributed by atoms with van der Waals surface area (Å²) in [5.41, 5.74) is 6.38. The van der Waals surface area contributed by atoms with Gasteiger partial charge in [0.2, 0.25) is 12.2 Å². The highest BCUT2D eigenvalue weighted by Crippen LogP contribution is 2.22. The van der Waals surface area contributed by atoms with Crippen LogP contribution in [0.4, 0.5) is 8.78 Å². The van der Waals surface area contributed by atoms with Crippen molar-refractivity contribution in [3.05, 3.63) is 95.6 Å². The van der Waals surface area contributed by atoms with Gasteiger partial charge in [0, 0.05) is 19.2 Å². The standard InChI is InChI=1S/C27H28F2N2O5/c1-34-26(36-22-5-3-2-4-6-22)16-31-15-20(32)17-35-21-10-8-19(9-11-21)23(27(30)33)13-18-7-12-24(28)25(29)14-18/h2-14,20,26,31-32H,15-17H2,1H3,(H2,30,33). The van der Waals surface area contributed by atoms with Crippen molar-refractivity contribution in [3.8, 4) is 11.5 Å². The molecular formula is C27H28F2N2O5. The SMILES string of the molecule is COC(CNCC(O)COc1ccc(C(=Cc2ccc(F)c(F)c2)C(N)=O)cc1)Oc1ccccc1. The van der Waals surface area contributed by atoms with Crippen LogP contribution in [0.1, 0.15) is 11.1 Å². The molecule has 0 spiro atoms. The van der Waals surface area contributed by atoms with Crippen LogP contribution in [0, 0.1) is 11.6 Å². The summed E-state index contributed by atoms with van der Waals surface area (Å²) in [6, 6.07) is 19.0. The summed E-state index contributed by atoms with van der Waals surface area (Å²) in [6.07, 6.45) is 0.0608. The molecule has 0 aliphatic heterocycles. The lowest BCUT2D eigenvalue weighted by atomic mass is 10.0. The first-order chi connectivity index (χ1) is 17.4. The maximum atomic E-state index is 13.5. The smallest absolute Gasteiger partial charge is 0.249 e. The van der Waals surface area contributed by atoms with Gasteiger partial charge in [0.1, 0.15) is 24.2 Å². The number of hydrogen-bond donors (Lipinski definition) is 3. The van der Waals surface area contributed by atoms with Gasteiger partial charge in [-0.15, -0.1) is 0 Å². The van der Waals surface area contributed by atoms with Crippen molar-refractivity contribution in [2.75, 3.05) is 26.8 Å². The summed E-state index contributed by atoms with van der Waals surface area (Å²) in [7, 11) is 1.54. The van der Waals surface area contributed by atoms with Crippen LogP contribution >= 0.6 is 0 Å². The van der Waals surface area contributed by atoms with E-state index >= 15 is 0 Å². The Morgan fingerprint density at radius 3 is 2.36 bits per heavy atom. The van der Waals surface area contributed by atoms with Gasteiger partial charge in [0.05, 0.1) is 6.54 Å². The minimum absolute atomic E-state index is 0.0247. The fraction of sp³-hybridized carbons (Fsp3) is 0.222. The first-order valence-electron chi connectivity index (χ1n) is 11.2. The molecule has 3 aromatic rings. The van der Waals surface area contributed by atoms with E-state index in [1.54, 1.807) is 24.3 Å². The fourth-order valence-electron chi connectivity index (χ4n) is 3.24. The zero-order chi connectivity index (χ0) is 25.9. The first kappa shape index (κ1) is 26.8. The molecule has 3 aromatic carbocycles. The lowest BCUT2D eigenvalue weighted by molar-refractivity contribution is -0.112. The second kappa shape index (κ2) is 13.3. The zero-order valence-electron chi connectivity index (χ0n) is 19.7. The van der Waals surface area contributed by atoms with E-state index in [1.807, 2.05) is 30.3 Å². The average Bonchev–Trinajstić information content (AvgIpc) is 2.88. The highest BCUT2D eigenvalue weighted by atomic mass is 19.2. The predicted molar refractivity (Wildman–Crippen MR) is 132 cm³/mol. The Kier molecular flexibility index (Phi) is 9.93. The van der Waals surface area contributed by atoms with Crippen molar-refractivity contribution in [1.29, 1.82) is 0 Å². The number of carbonyl (C=O) groups excluding carboxylic acids is 1. The van der Waals surface area contributed by atoms with Crippen LogP contribution in [0.5, 0.6) is 11.5 Å². The molecule has 0 fully saturated rings. The van der Waals surface area contributed by atoms with Crippen molar-refractivity contribution >= 4 is 17.6 Å².